The third-order valence-corrected chi connectivity index (χ3v) is 3.78. The lowest BCUT2D eigenvalue weighted by atomic mass is 9.83. The Balaban J connectivity index is 0.00000361. The van der Waals surface area contributed by atoms with Crippen LogP contribution in [0, 0.1) is 17.3 Å². The van der Waals surface area contributed by atoms with Crippen LogP contribution in [-0.2, 0) is 9.53 Å². The van der Waals surface area contributed by atoms with Crippen LogP contribution < -0.4 is 11.1 Å². The number of carbonyl (C=O) groups is 1. The summed E-state index contributed by atoms with van der Waals surface area (Å²) in [5.41, 5.74) is 6.18. The van der Waals surface area contributed by atoms with Gasteiger partial charge in [-0.3, -0.25) is 4.79 Å². The van der Waals surface area contributed by atoms with E-state index in [9.17, 15) is 4.79 Å². The first-order chi connectivity index (χ1) is 8.82. The lowest BCUT2D eigenvalue weighted by molar-refractivity contribution is -0.124. The van der Waals surface area contributed by atoms with Crippen LogP contribution in [0.5, 0.6) is 0 Å². The standard InChI is InChI=1S/C15H30N2O2.ClH/c1-11(2)9-15(3,4)10-17-14(18)13(16)12-5-7-19-8-6-12;/h11-13H,5-10,16H2,1-4H3,(H,17,18);1H. The predicted molar refractivity (Wildman–Crippen MR) is 85.0 cm³/mol. The molecular formula is C15H31ClN2O2. The van der Waals surface area contributed by atoms with E-state index in [1.807, 2.05) is 0 Å². The largest absolute Gasteiger partial charge is 0.381 e. The van der Waals surface area contributed by atoms with Gasteiger partial charge in [-0.2, -0.15) is 0 Å². The quantitative estimate of drug-likeness (QED) is 0.792. The summed E-state index contributed by atoms with van der Waals surface area (Å²) < 4.78 is 5.30. The van der Waals surface area contributed by atoms with Gasteiger partial charge in [0, 0.05) is 19.8 Å². The third-order valence-electron chi connectivity index (χ3n) is 3.78. The van der Waals surface area contributed by atoms with Gasteiger partial charge in [-0.1, -0.05) is 27.7 Å². The second kappa shape index (κ2) is 8.85. The molecule has 0 aromatic heterocycles. The van der Waals surface area contributed by atoms with Gasteiger partial charge in [0.15, 0.2) is 0 Å². The maximum absolute atomic E-state index is 12.1. The molecule has 5 heteroatoms. The molecule has 1 saturated heterocycles. The average Bonchev–Trinajstić information content (AvgIpc) is 2.34. The van der Waals surface area contributed by atoms with Gasteiger partial charge in [-0.25, -0.2) is 0 Å². The number of halogens is 1. The van der Waals surface area contributed by atoms with E-state index in [0.717, 1.165) is 32.5 Å². The van der Waals surface area contributed by atoms with Gasteiger partial charge in [0.25, 0.3) is 0 Å². The SMILES string of the molecule is CC(C)CC(C)(C)CNC(=O)C(N)C1CCOCC1.Cl. The summed E-state index contributed by atoms with van der Waals surface area (Å²) in [6.07, 6.45) is 2.88. The fraction of sp³-hybridized carbons (Fsp3) is 0.933. The Morgan fingerprint density at radius 2 is 1.90 bits per heavy atom. The molecule has 120 valence electrons. The van der Waals surface area contributed by atoms with E-state index in [1.165, 1.54) is 0 Å². The maximum atomic E-state index is 12.1. The van der Waals surface area contributed by atoms with Gasteiger partial charge in [0.05, 0.1) is 6.04 Å². The molecule has 0 radical (unpaired) electrons. The Kier molecular flexibility index (Phi) is 8.71. The van der Waals surface area contributed by atoms with Crippen LogP contribution in [0.25, 0.3) is 0 Å². The molecule has 1 unspecified atom stereocenters. The van der Waals surface area contributed by atoms with Crippen LogP contribution in [0.15, 0.2) is 0 Å². The molecule has 1 atom stereocenters. The zero-order chi connectivity index (χ0) is 14.5. The zero-order valence-electron chi connectivity index (χ0n) is 13.3. The van der Waals surface area contributed by atoms with Crippen molar-refractivity contribution in [2.45, 2.75) is 53.0 Å². The highest BCUT2D eigenvalue weighted by Crippen LogP contribution is 2.24. The second-order valence-corrected chi connectivity index (χ2v) is 6.96. The summed E-state index contributed by atoms with van der Waals surface area (Å²) in [4.78, 5) is 12.1. The Morgan fingerprint density at radius 1 is 1.35 bits per heavy atom. The molecule has 0 bridgehead atoms. The molecule has 0 aliphatic carbocycles. The van der Waals surface area contributed by atoms with Crippen LogP contribution in [0.4, 0.5) is 0 Å². The number of hydrogen-bond acceptors (Lipinski definition) is 3. The van der Waals surface area contributed by atoms with E-state index < -0.39 is 6.04 Å². The summed E-state index contributed by atoms with van der Waals surface area (Å²) >= 11 is 0. The van der Waals surface area contributed by atoms with E-state index in [2.05, 4.69) is 33.0 Å². The Hall–Kier alpha value is -0.320. The van der Waals surface area contributed by atoms with Crippen LogP contribution in [-0.4, -0.2) is 31.7 Å². The summed E-state index contributed by atoms with van der Waals surface area (Å²) in [5.74, 6) is 0.891. The number of carbonyl (C=O) groups excluding carboxylic acids is 1. The van der Waals surface area contributed by atoms with Gasteiger partial charge in [-0.05, 0) is 36.5 Å². The van der Waals surface area contributed by atoms with E-state index >= 15 is 0 Å². The summed E-state index contributed by atoms with van der Waals surface area (Å²) in [6.45, 7) is 10.9. The highest BCUT2D eigenvalue weighted by Gasteiger charge is 2.28. The molecule has 20 heavy (non-hydrogen) atoms. The van der Waals surface area contributed by atoms with Crippen molar-refractivity contribution in [3.05, 3.63) is 0 Å². The van der Waals surface area contributed by atoms with Crippen LogP contribution >= 0.6 is 12.4 Å². The zero-order valence-corrected chi connectivity index (χ0v) is 14.1. The Morgan fingerprint density at radius 3 is 2.40 bits per heavy atom. The molecule has 1 aliphatic heterocycles. The van der Waals surface area contributed by atoms with Crippen LogP contribution in [0.2, 0.25) is 0 Å². The van der Waals surface area contributed by atoms with Crippen molar-refractivity contribution in [3.8, 4) is 0 Å². The molecule has 1 aliphatic rings. The topological polar surface area (TPSA) is 64.4 Å². The third kappa shape index (κ3) is 6.91. The van der Waals surface area contributed by atoms with E-state index in [4.69, 9.17) is 10.5 Å². The van der Waals surface area contributed by atoms with Crippen LogP contribution in [0.1, 0.15) is 47.0 Å². The predicted octanol–water partition coefficient (Wildman–Crippen LogP) is 2.35. The summed E-state index contributed by atoms with van der Waals surface area (Å²) in [7, 11) is 0. The Bertz CT molecular complexity index is 290. The lowest BCUT2D eigenvalue weighted by Crippen LogP contribution is -2.49. The van der Waals surface area contributed by atoms with Crippen molar-refractivity contribution in [1.82, 2.24) is 5.32 Å². The van der Waals surface area contributed by atoms with Crippen molar-refractivity contribution in [2.75, 3.05) is 19.8 Å². The molecular weight excluding hydrogens is 276 g/mol. The fourth-order valence-corrected chi connectivity index (χ4v) is 2.91. The first kappa shape index (κ1) is 19.7. The number of rotatable bonds is 6. The first-order valence-corrected chi connectivity index (χ1v) is 7.43. The van der Waals surface area contributed by atoms with E-state index in [1.54, 1.807) is 0 Å². The van der Waals surface area contributed by atoms with Gasteiger partial charge in [0.1, 0.15) is 0 Å². The molecule has 1 heterocycles. The molecule has 0 aromatic rings. The lowest BCUT2D eigenvalue weighted by Gasteiger charge is -2.30. The summed E-state index contributed by atoms with van der Waals surface area (Å²) in [5, 5.41) is 3.02. The normalized spacial score (nSPS) is 18.5. The molecule has 1 rings (SSSR count). The van der Waals surface area contributed by atoms with Crippen molar-refractivity contribution in [1.29, 1.82) is 0 Å². The monoisotopic (exact) mass is 306 g/mol. The maximum Gasteiger partial charge on any atom is 0.237 e. The minimum atomic E-state index is -0.390. The van der Waals surface area contributed by atoms with E-state index in [-0.39, 0.29) is 29.6 Å². The summed E-state index contributed by atoms with van der Waals surface area (Å²) in [6, 6.07) is -0.390. The minimum Gasteiger partial charge on any atom is -0.381 e. The number of hydrogen-bond donors (Lipinski definition) is 2. The molecule has 1 fully saturated rings. The van der Waals surface area contributed by atoms with Crippen molar-refractivity contribution >= 4 is 18.3 Å². The average molecular weight is 307 g/mol. The van der Waals surface area contributed by atoms with Gasteiger partial charge in [0.2, 0.25) is 5.91 Å². The number of nitrogens with two attached hydrogens (primary N) is 1. The smallest absolute Gasteiger partial charge is 0.237 e. The molecule has 0 spiro atoms. The molecule has 0 aromatic carbocycles. The molecule has 3 N–H and O–H groups in total. The van der Waals surface area contributed by atoms with Crippen LogP contribution in [0.3, 0.4) is 0 Å². The van der Waals surface area contributed by atoms with Crippen molar-refractivity contribution < 1.29 is 9.53 Å². The molecule has 0 saturated carbocycles. The number of ether oxygens (including phenoxy) is 1. The highest BCUT2D eigenvalue weighted by atomic mass is 35.5. The number of amides is 1. The molecule has 4 nitrogen and oxygen atoms in total. The second-order valence-electron chi connectivity index (χ2n) is 6.96. The van der Waals surface area contributed by atoms with Crippen molar-refractivity contribution in [2.24, 2.45) is 23.0 Å². The minimum absolute atomic E-state index is 0. The molecule has 1 amide bonds. The van der Waals surface area contributed by atoms with E-state index in [0.29, 0.717) is 12.5 Å². The van der Waals surface area contributed by atoms with Gasteiger partial charge < -0.3 is 15.8 Å². The number of nitrogens with one attached hydrogen (secondary N) is 1. The first-order valence-electron chi connectivity index (χ1n) is 7.43. The van der Waals surface area contributed by atoms with Gasteiger partial charge >= 0.3 is 0 Å². The Labute approximate surface area is 129 Å². The van der Waals surface area contributed by atoms with Crippen molar-refractivity contribution in [3.63, 3.8) is 0 Å². The van der Waals surface area contributed by atoms with Gasteiger partial charge in [-0.15, -0.1) is 12.4 Å². The fourth-order valence-electron chi connectivity index (χ4n) is 2.91. The highest BCUT2D eigenvalue weighted by molar-refractivity contribution is 5.85.